The molecule has 120 valence electrons. The minimum Gasteiger partial charge on any atom is -0.456 e. The van der Waals surface area contributed by atoms with Gasteiger partial charge in [0.25, 0.3) is 0 Å². The van der Waals surface area contributed by atoms with Gasteiger partial charge in [0, 0.05) is 11.1 Å². The second kappa shape index (κ2) is 4.27. The lowest BCUT2D eigenvalue weighted by atomic mass is 10.0. The topological polar surface area (TPSA) is 108 Å². The summed E-state index contributed by atoms with van der Waals surface area (Å²) >= 11 is 0. The first kappa shape index (κ1) is 13.8. The van der Waals surface area contributed by atoms with Crippen LogP contribution in [0, 0.1) is 0 Å². The molecule has 0 radical (unpaired) electrons. The van der Waals surface area contributed by atoms with Crippen LogP contribution in [0.3, 0.4) is 0 Å². The van der Waals surface area contributed by atoms with Crippen molar-refractivity contribution in [3.05, 3.63) is 56.7 Å². The van der Waals surface area contributed by atoms with Crippen molar-refractivity contribution in [2.45, 2.75) is 6.42 Å². The highest BCUT2D eigenvalue weighted by Gasteiger charge is 2.32. The van der Waals surface area contributed by atoms with Gasteiger partial charge in [0.05, 0.1) is 28.3 Å². The van der Waals surface area contributed by atoms with Crippen molar-refractivity contribution >= 4 is 45.4 Å². The molecule has 7 heteroatoms. The molecule has 7 nitrogen and oxygen atoms in total. The second-order valence-electron chi connectivity index (χ2n) is 5.92. The van der Waals surface area contributed by atoms with E-state index in [4.69, 9.17) is 4.42 Å². The van der Waals surface area contributed by atoms with Crippen molar-refractivity contribution in [1.29, 1.82) is 0 Å². The summed E-state index contributed by atoms with van der Waals surface area (Å²) in [6.07, 6.45) is -0.228. The van der Waals surface area contributed by atoms with Crippen molar-refractivity contribution in [2.75, 3.05) is 0 Å². The SMILES string of the molecule is O=C1CC(=O)c2cc3c(=O)c4cc5c(cc4oc3cc21)C(=O)OC5=O. The monoisotopic (exact) mass is 334 g/mol. The smallest absolute Gasteiger partial charge is 0.347 e. The summed E-state index contributed by atoms with van der Waals surface area (Å²) in [7, 11) is 0. The average molecular weight is 334 g/mol. The second-order valence-corrected chi connectivity index (χ2v) is 5.92. The van der Waals surface area contributed by atoms with Crippen LogP contribution < -0.4 is 5.43 Å². The molecule has 0 fully saturated rings. The fraction of sp³-hybridized carbons (Fsp3) is 0.0556. The largest absolute Gasteiger partial charge is 0.456 e. The molecule has 1 aliphatic heterocycles. The van der Waals surface area contributed by atoms with E-state index in [-0.39, 0.29) is 62.2 Å². The first-order chi connectivity index (χ1) is 11.9. The van der Waals surface area contributed by atoms with Gasteiger partial charge in [-0.05, 0) is 24.3 Å². The molecule has 0 bridgehead atoms. The van der Waals surface area contributed by atoms with Gasteiger partial charge in [-0.15, -0.1) is 0 Å². The molecular formula is C18H6O7. The third-order valence-electron chi connectivity index (χ3n) is 4.50. The molecule has 0 saturated carbocycles. The number of hydrogen-bond acceptors (Lipinski definition) is 7. The van der Waals surface area contributed by atoms with Crippen LogP contribution in [0.1, 0.15) is 47.9 Å². The molecule has 2 heterocycles. The highest BCUT2D eigenvalue weighted by atomic mass is 16.6. The molecule has 2 aromatic carbocycles. The Labute approximate surface area is 137 Å². The molecule has 0 amide bonds. The van der Waals surface area contributed by atoms with Gasteiger partial charge in [0.1, 0.15) is 11.2 Å². The van der Waals surface area contributed by atoms with Crippen molar-refractivity contribution in [2.24, 2.45) is 0 Å². The fourth-order valence-electron chi connectivity index (χ4n) is 3.28. The summed E-state index contributed by atoms with van der Waals surface area (Å²) in [6.45, 7) is 0. The number of rotatable bonds is 0. The van der Waals surface area contributed by atoms with Gasteiger partial charge in [-0.1, -0.05) is 0 Å². The average Bonchev–Trinajstić information content (AvgIpc) is 3.01. The van der Waals surface area contributed by atoms with Gasteiger partial charge >= 0.3 is 11.9 Å². The van der Waals surface area contributed by atoms with E-state index in [1.807, 2.05) is 0 Å². The standard InChI is InChI=1S/C18H6O7/c19-12-5-13(20)7-3-14-10(1-6(7)12)16(21)11-2-8-9(4-15(11)24-14)18(23)25-17(8)22/h1-4H,5H2. The molecule has 0 atom stereocenters. The number of cyclic esters (lactones) is 2. The Morgan fingerprint density at radius 1 is 0.640 bits per heavy atom. The fourth-order valence-corrected chi connectivity index (χ4v) is 3.28. The normalized spacial score (nSPS) is 15.8. The van der Waals surface area contributed by atoms with Crippen LogP contribution in [0.5, 0.6) is 0 Å². The molecule has 5 rings (SSSR count). The molecule has 1 aromatic heterocycles. The van der Waals surface area contributed by atoms with Crippen LogP contribution in [-0.2, 0) is 4.74 Å². The maximum Gasteiger partial charge on any atom is 0.347 e. The van der Waals surface area contributed by atoms with Crippen LogP contribution in [-0.4, -0.2) is 23.5 Å². The summed E-state index contributed by atoms with van der Waals surface area (Å²) in [5.41, 5.74) is 0.206. The van der Waals surface area contributed by atoms with Crippen LogP contribution >= 0.6 is 0 Å². The molecule has 2 aliphatic rings. The number of hydrogen-bond donors (Lipinski definition) is 0. The quantitative estimate of drug-likeness (QED) is 0.351. The maximum absolute atomic E-state index is 12.8. The zero-order valence-corrected chi connectivity index (χ0v) is 12.4. The Morgan fingerprint density at radius 2 is 1.12 bits per heavy atom. The van der Waals surface area contributed by atoms with Gasteiger partial charge < -0.3 is 9.15 Å². The van der Waals surface area contributed by atoms with Gasteiger partial charge in [-0.3, -0.25) is 14.4 Å². The number of ether oxygens (including phenoxy) is 1. The van der Waals surface area contributed by atoms with Crippen LogP contribution in [0.15, 0.2) is 33.5 Å². The minimum atomic E-state index is -0.823. The predicted octanol–water partition coefficient (Wildman–Crippen LogP) is 2.03. The number of fused-ring (bicyclic) bond motifs is 4. The Bertz CT molecular complexity index is 1180. The van der Waals surface area contributed by atoms with E-state index < -0.39 is 17.4 Å². The first-order valence-electron chi connectivity index (χ1n) is 7.35. The molecule has 25 heavy (non-hydrogen) atoms. The molecular weight excluding hydrogens is 328 g/mol. The van der Waals surface area contributed by atoms with Gasteiger partial charge in [0.15, 0.2) is 11.6 Å². The predicted molar refractivity (Wildman–Crippen MR) is 83.0 cm³/mol. The summed E-state index contributed by atoms with van der Waals surface area (Å²) < 4.78 is 10.2. The summed E-state index contributed by atoms with van der Waals surface area (Å²) in [5.74, 6) is -2.30. The zero-order chi connectivity index (χ0) is 17.5. The lowest BCUT2D eigenvalue weighted by Gasteiger charge is -2.04. The number of ketones is 2. The molecule has 0 saturated heterocycles. The summed E-state index contributed by atoms with van der Waals surface area (Å²) in [4.78, 5) is 59.8. The number of carbonyl (C=O) groups is 4. The molecule has 0 N–H and O–H groups in total. The zero-order valence-electron chi connectivity index (χ0n) is 12.4. The minimum absolute atomic E-state index is 0.00318. The van der Waals surface area contributed by atoms with Crippen molar-refractivity contribution in [1.82, 2.24) is 0 Å². The van der Waals surface area contributed by atoms with E-state index in [1.54, 1.807) is 0 Å². The van der Waals surface area contributed by atoms with Crippen LogP contribution in [0.4, 0.5) is 0 Å². The van der Waals surface area contributed by atoms with Gasteiger partial charge in [-0.25, -0.2) is 9.59 Å². The van der Waals surface area contributed by atoms with E-state index in [0.717, 1.165) is 0 Å². The lowest BCUT2D eigenvalue weighted by molar-refractivity contribution is 0.0443. The molecule has 0 spiro atoms. The van der Waals surface area contributed by atoms with E-state index in [9.17, 15) is 24.0 Å². The van der Waals surface area contributed by atoms with Crippen LogP contribution in [0.2, 0.25) is 0 Å². The highest BCUT2D eigenvalue weighted by molar-refractivity contribution is 6.25. The van der Waals surface area contributed by atoms with Crippen molar-refractivity contribution < 1.29 is 28.3 Å². The Balaban J connectivity index is 1.92. The van der Waals surface area contributed by atoms with E-state index in [1.165, 1.54) is 24.3 Å². The Hall–Kier alpha value is -3.61. The number of benzene rings is 2. The summed E-state index contributed by atoms with van der Waals surface area (Å²) in [5, 5.41) is 0.224. The van der Waals surface area contributed by atoms with Gasteiger partial charge in [-0.2, -0.15) is 0 Å². The van der Waals surface area contributed by atoms with Gasteiger partial charge in [0.2, 0.25) is 5.43 Å². The molecule has 0 unspecified atom stereocenters. The third kappa shape index (κ3) is 1.66. The number of Topliss-reactive ketones (excluding diaryl/α,β-unsaturated/α-hetero) is 2. The first-order valence-corrected chi connectivity index (χ1v) is 7.35. The van der Waals surface area contributed by atoms with Crippen molar-refractivity contribution in [3.63, 3.8) is 0 Å². The number of esters is 2. The van der Waals surface area contributed by atoms with Crippen LogP contribution in [0.25, 0.3) is 21.9 Å². The van der Waals surface area contributed by atoms with E-state index in [0.29, 0.717) is 0 Å². The molecule has 1 aliphatic carbocycles. The third-order valence-corrected chi connectivity index (χ3v) is 4.50. The van der Waals surface area contributed by atoms with E-state index in [2.05, 4.69) is 4.74 Å². The lowest BCUT2D eigenvalue weighted by Crippen LogP contribution is -2.06. The number of carbonyl (C=O) groups excluding carboxylic acids is 4. The Kier molecular flexibility index (Phi) is 2.35. The molecule has 3 aromatic rings. The Morgan fingerprint density at radius 3 is 1.76 bits per heavy atom. The summed E-state index contributed by atoms with van der Waals surface area (Å²) in [6, 6.07) is 5.25. The maximum atomic E-state index is 12.8. The van der Waals surface area contributed by atoms with E-state index >= 15 is 0 Å². The van der Waals surface area contributed by atoms with Crippen molar-refractivity contribution in [3.8, 4) is 0 Å². The highest BCUT2D eigenvalue weighted by Crippen LogP contribution is 2.30.